The van der Waals surface area contributed by atoms with Crippen molar-refractivity contribution in [3.05, 3.63) is 95.6 Å². The molecule has 3 rings (SSSR count). The lowest BCUT2D eigenvalue weighted by molar-refractivity contribution is -0.114. The summed E-state index contributed by atoms with van der Waals surface area (Å²) in [4.78, 5) is 36.8. The van der Waals surface area contributed by atoms with E-state index < -0.39 is 0 Å². The summed E-state index contributed by atoms with van der Waals surface area (Å²) in [5.41, 5.74) is 3.36. The number of carbonyl (C=O) groups excluding carboxylic acids is 3. The predicted octanol–water partition coefficient (Wildman–Crippen LogP) is 4.20. The first-order valence-electron chi connectivity index (χ1n) is 11.4. The molecule has 7 nitrogen and oxygen atoms in total. The van der Waals surface area contributed by atoms with E-state index in [1.54, 1.807) is 48.5 Å². The van der Waals surface area contributed by atoms with E-state index >= 15 is 0 Å². The van der Waals surface area contributed by atoms with E-state index in [0.29, 0.717) is 35.6 Å². The Morgan fingerprint density at radius 1 is 0.735 bits per heavy atom. The summed E-state index contributed by atoms with van der Waals surface area (Å²) in [5.74, 6) is -0.546. The molecule has 3 aromatic carbocycles. The molecular weight excluding hydrogens is 428 g/mol. The third-order valence-corrected chi connectivity index (χ3v) is 5.12. The summed E-state index contributed by atoms with van der Waals surface area (Å²) in [6.45, 7) is 3.20. The van der Waals surface area contributed by atoms with Crippen molar-refractivity contribution in [3.63, 3.8) is 0 Å². The molecule has 0 aliphatic rings. The zero-order chi connectivity index (χ0) is 24.2. The molecule has 0 bridgehead atoms. The number of amides is 3. The minimum Gasteiger partial charge on any atom is -0.376 e. The molecule has 4 N–H and O–H groups in total. The molecule has 0 fully saturated rings. The Hall–Kier alpha value is -4.13. The smallest absolute Gasteiger partial charge is 0.251 e. The van der Waals surface area contributed by atoms with E-state index in [2.05, 4.69) is 28.2 Å². The highest BCUT2D eigenvalue weighted by atomic mass is 16.2. The van der Waals surface area contributed by atoms with Crippen LogP contribution in [-0.4, -0.2) is 30.8 Å². The van der Waals surface area contributed by atoms with E-state index in [1.807, 2.05) is 30.3 Å². The van der Waals surface area contributed by atoms with Crippen LogP contribution in [0.4, 0.5) is 11.4 Å². The first kappa shape index (κ1) is 24.5. The summed E-state index contributed by atoms with van der Waals surface area (Å²) >= 11 is 0. The molecule has 0 atom stereocenters. The quantitative estimate of drug-likeness (QED) is 0.324. The number of hydrogen-bond acceptors (Lipinski definition) is 4. The molecule has 0 radical (unpaired) electrons. The van der Waals surface area contributed by atoms with Crippen LogP contribution in [-0.2, 0) is 11.3 Å². The molecule has 0 aliphatic carbocycles. The lowest BCUT2D eigenvalue weighted by Gasteiger charge is -2.10. The zero-order valence-corrected chi connectivity index (χ0v) is 19.3. The third-order valence-electron chi connectivity index (χ3n) is 5.12. The van der Waals surface area contributed by atoms with Gasteiger partial charge in [0.25, 0.3) is 11.8 Å². The van der Waals surface area contributed by atoms with Crippen molar-refractivity contribution in [2.75, 3.05) is 23.7 Å². The van der Waals surface area contributed by atoms with Crippen molar-refractivity contribution in [1.29, 1.82) is 0 Å². The van der Waals surface area contributed by atoms with Crippen molar-refractivity contribution in [2.24, 2.45) is 0 Å². The van der Waals surface area contributed by atoms with Crippen LogP contribution in [0.25, 0.3) is 0 Å². The molecule has 0 spiro atoms. The predicted molar refractivity (Wildman–Crippen MR) is 135 cm³/mol. The van der Waals surface area contributed by atoms with Gasteiger partial charge in [-0.3, -0.25) is 14.4 Å². The van der Waals surface area contributed by atoms with Gasteiger partial charge in [-0.1, -0.05) is 49.7 Å². The minimum absolute atomic E-state index is 0.0419. The van der Waals surface area contributed by atoms with Crippen LogP contribution in [0.5, 0.6) is 0 Å². The molecule has 0 heterocycles. The van der Waals surface area contributed by atoms with E-state index in [4.69, 9.17) is 0 Å². The molecule has 0 aliphatic heterocycles. The van der Waals surface area contributed by atoms with Gasteiger partial charge < -0.3 is 21.3 Å². The molecule has 0 aromatic heterocycles. The van der Waals surface area contributed by atoms with Crippen LogP contribution in [0.3, 0.4) is 0 Å². The van der Waals surface area contributed by atoms with Crippen LogP contribution < -0.4 is 21.3 Å². The van der Waals surface area contributed by atoms with Gasteiger partial charge >= 0.3 is 0 Å². The Bertz CT molecular complexity index is 1100. The average Bonchev–Trinajstić information content (AvgIpc) is 2.87. The standard InChI is InChI=1S/C27H30N4O3/c1-2-3-16-28-27(34)22-10-7-11-24(17-22)29-19-25(32)31-23-14-12-21(13-15-23)26(33)30-18-20-8-5-4-6-9-20/h4-15,17,29H,2-3,16,18-19H2,1H3,(H,28,34)(H,30,33)(H,31,32). The van der Waals surface area contributed by atoms with Crippen molar-refractivity contribution in [1.82, 2.24) is 10.6 Å². The Kier molecular flexibility index (Phi) is 9.22. The molecule has 3 amide bonds. The van der Waals surface area contributed by atoms with E-state index in [1.165, 1.54) is 0 Å². The van der Waals surface area contributed by atoms with Gasteiger partial charge in [-0.2, -0.15) is 0 Å². The minimum atomic E-state index is -0.237. The monoisotopic (exact) mass is 458 g/mol. The largest absolute Gasteiger partial charge is 0.376 e. The second kappa shape index (κ2) is 12.8. The highest BCUT2D eigenvalue weighted by Gasteiger charge is 2.08. The first-order valence-corrected chi connectivity index (χ1v) is 11.4. The van der Waals surface area contributed by atoms with Crippen LogP contribution in [0, 0.1) is 0 Å². The van der Waals surface area contributed by atoms with E-state index in [-0.39, 0.29) is 24.3 Å². The first-order chi connectivity index (χ1) is 16.5. The van der Waals surface area contributed by atoms with Crippen LogP contribution >= 0.6 is 0 Å². The molecule has 3 aromatic rings. The van der Waals surface area contributed by atoms with Crippen molar-refractivity contribution in [3.8, 4) is 0 Å². The fourth-order valence-corrected chi connectivity index (χ4v) is 3.22. The van der Waals surface area contributed by atoms with E-state index in [0.717, 1.165) is 18.4 Å². The molecule has 0 saturated carbocycles. The maximum Gasteiger partial charge on any atom is 0.251 e. The second-order valence-corrected chi connectivity index (χ2v) is 7.84. The maximum atomic E-state index is 12.3. The topological polar surface area (TPSA) is 99.3 Å². The maximum absolute atomic E-state index is 12.3. The molecule has 176 valence electrons. The van der Waals surface area contributed by atoms with Crippen molar-refractivity contribution in [2.45, 2.75) is 26.3 Å². The van der Waals surface area contributed by atoms with Gasteiger partial charge in [-0.25, -0.2) is 0 Å². The molecule has 34 heavy (non-hydrogen) atoms. The van der Waals surface area contributed by atoms with Gasteiger partial charge in [0.05, 0.1) is 6.54 Å². The Balaban J connectivity index is 1.45. The number of unbranched alkanes of at least 4 members (excludes halogenated alkanes) is 1. The third kappa shape index (κ3) is 7.78. The number of anilines is 2. The molecule has 0 unspecified atom stereocenters. The van der Waals surface area contributed by atoms with Gasteiger partial charge in [0.15, 0.2) is 0 Å². The molecule has 0 saturated heterocycles. The number of rotatable bonds is 11. The van der Waals surface area contributed by atoms with Gasteiger partial charge in [0.1, 0.15) is 0 Å². The number of hydrogen-bond donors (Lipinski definition) is 4. The van der Waals surface area contributed by atoms with Crippen LogP contribution in [0.2, 0.25) is 0 Å². The fourth-order valence-electron chi connectivity index (χ4n) is 3.22. The summed E-state index contributed by atoms with van der Waals surface area (Å²) in [6.07, 6.45) is 1.95. The number of nitrogens with one attached hydrogen (secondary N) is 4. The Morgan fingerprint density at radius 3 is 2.21 bits per heavy atom. The average molecular weight is 459 g/mol. The zero-order valence-electron chi connectivity index (χ0n) is 19.3. The van der Waals surface area contributed by atoms with Gasteiger partial charge in [-0.05, 0) is 54.4 Å². The van der Waals surface area contributed by atoms with Crippen LogP contribution in [0.15, 0.2) is 78.9 Å². The summed E-state index contributed by atoms with van der Waals surface area (Å²) in [6, 6.07) is 23.4. The Labute approximate surface area is 200 Å². The summed E-state index contributed by atoms with van der Waals surface area (Å²) < 4.78 is 0. The summed E-state index contributed by atoms with van der Waals surface area (Å²) in [7, 11) is 0. The highest BCUT2D eigenvalue weighted by Crippen LogP contribution is 2.12. The SMILES string of the molecule is CCCCNC(=O)c1cccc(NCC(=O)Nc2ccc(C(=O)NCc3ccccc3)cc2)c1. The number of carbonyl (C=O) groups is 3. The lowest BCUT2D eigenvalue weighted by Crippen LogP contribution is -2.25. The second-order valence-electron chi connectivity index (χ2n) is 7.84. The highest BCUT2D eigenvalue weighted by molar-refractivity contribution is 5.97. The van der Waals surface area contributed by atoms with Gasteiger partial charge in [0, 0.05) is 35.6 Å². The Morgan fingerprint density at radius 2 is 1.47 bits per heavy atom. The van der Waals surface area contributed by atoms with Crippen molar-refractivity contribution >= 4 is 29.1 Å². The van der Waals surface area contributed by atoms with Crippen molar-refractivity contribution < 1.29 is 14.4 Å². The molecule has 7 heteroatoms. The molecular formula is C27H30N4O3. The van der Waals surface area contributed by atoms with Gasteiger partial charge in [-0.15, -0.1) is 0 Å². The normalized spacial score (nSPS) is 10.3. The van der Waals surface area contributed by atoms with E-state index in [9.17, 15) is 14.4 Å². The number of benzene rings is 3. The fraction of sp³-hybridized carbons (Fsp3) is 0.222. The summed E-state index contributed by atoms with van der Waals surface area (Å²) in [5, 5.41) is 11.6. The lowest BCUT2D eigenvalue weighted by atomic mass is 10.1. The van der Waals surface area contributed by atoms with Crippen LogP contribution in [0.1, 0.15) is 46.0 Å². The van der Waals surface area contributed by atoms with Gasteiger partial charge in [0.2, 0.25) is 5.91 Å².